The number of carbonyl (C=O) groups excluding carboxylic acids is 2. The highest BCUT2D eigenvalue weighted by atomic mass is 16.2. The smallest absolute Gasteiger partial charge is 0.225 e. The van der Waals surface area contributed by atoms with E-state index >= 15 is 0 Å². The molecule has 24 heavy (non-hydrogen) atoms. The lowest BCUT2D eigenvalue weighted by molar-refractivity contribution is -0.116. The maximum Gasteiger partial charge on any atom is 0.225 e. The van der Waals surface area contributed by atoms with E-state index in [1.807, 2.05) is 30.3 Å². The van der Waals surface area contributed by atoms with E-state index in [9.17, 15) is 9.59 Å². The van der Waals surface area contributed by atoms with Gasteiger partial charge in [-0.2, -0.15) is 5.10 Å². The number of benzene rings is 2. The summed E-state index contributed by atoms with van der Waals surface area (Å²) in [6.45, 7) is 1.46. The number of amides is 2. The highest BCUT2D eigenvalue weighted by Crippen LogP contribution is 2.39. The van der Waals surface area contributed by atoms with E-state index in [4.69, 9.17) is 0 Å². The number of rotatable bonds is 2. The Morgan fingerprint density at radius 3 is 2.96 bits per heavy atom. The van der Waals surface area contributed by atoms with Gasteiger partial charge >= 0.3 is 0 Å². The summed E-state index contributed by atoms with van der Waals surface area (Å²) in [6.07, 6.45) is 2.17. The molecule has 120 valence electrons. The average Bonchev–Trinajstić information content (AvgIpc) is 3.00. The summed E-state index contributed by atoms with van der Waals surface area (Å²) in [5.74, 6) is -0.191. The second kappa shape index (κ2) is 5.49. The van der Waals surface area contributed by atoms with Crippen molar-refractivity contribution >= 4 is 34.1 Å². The Bertz CT molecular complexity index is 961. The summed E-state index contributed by atoms with van der Waals surface area (Å²) in [6, 6.07) is 11.7. The van der Waals surface area contributed by atoms with E-state index in [-0.39, 0.29) is 17.7 Å². The third kappa shape index (κ3) is 2.52. The first-order valence-corrected chi connectivity index (χ1v) is 7.74. The Morgan fingerprint density at radius 2 is 2.12 bits per heavy atom. The van der Waals surface area contributed by atoms with E-state index in [0.717, 1.165) is 27.7 Å². The molecule has 6 heteroatoms. The third-order valence-electron chi connectivity index (χ3n) is 4.28. The fraction of sp³-hybridized carbons (Fsp3) is 0.167. The predicted octanol–water partition coefficient (Wildman–Crippen LogP) is 3.00. The zero-order valence-electron chi connectivity index (χ0n) is 13.1. The number of fused-ring (bicyclic) bond motifs is 2. The molecule has 3 aromatic rings. The van der Waals surface area contributed by atoms with Gasteiger partial charge in [-0.15, -0.1) is 0 Å². The molecule has 1 unspecified atom stereocenters. The molecule has 0 bridgehead atoms. The molecule has 2 heterocycles. The number of hydrogen-bond acceptors (Lipinski definition) is 3. The van der Waals surface area contributed by atoms with Gasteiger partial charge in [-0.3, -0.25) is 14.7 Å². The standard InChI is InChI=1S/C18H16N4O2/c1-10(23)20-13-4-5-14-15(8-18(24)21-17(14)7-13)11-2-3-12-9-19-22-16(12)6-11/h2-7,9,15H,8H2,1H3,(H,19,22)(H,20,23)(H,21,24). The van der Waals surface area contributed by atoms with Gasteiger partial charge in [0.05, 0.1) is 11.7 Å². The number of nitrogens with one attached hydrogen (secondary N) is 3. The van der Waals surface area contributed by atoms with Crippen molar-refractivity contribution in [3.8, 4) is 0 Å². The molecular weight excluding hydrogens is 304 g/mol. The van der Waals surface area contributed by atoms with Crippen molar-refractivity contribution in [2.45, 2.75) is 19.3 Å². The van der Waals surface area contributed by atoms with Gasteiger partial charge in [0.2, 0.25) is 11.8 Å². The number of nitrogens with zero attached hydrogens (tertiary/aromatic N) is 1. The van der Waals surface area contributed by atoms with Crippen molar-refractivity contribution in [1.82, 2.24) is 10.2 Å². The van der Waals surface area contributed by atoms with Crippen LogP contribution in [0.25, 0.3) is 10.9 Å². The zero-order chi connectivity index (χ0) is 16.7. The second-order valence-corrected chi connectivity index (χ2v) is 6.00. The van der Waals surface area contributed by atoms with Crippen LogP contribution in [0.3, 0.4) is 0 Å². The fourth-order valence-electron chi connectivity index (χ4n) is 3.21. The van der Waals surface area contributed by atoms with Crippen molar-refractivity contribution in [3.05, 3.63) is 53.7 Å². The predicted molar refractivity (Wildman–Crippen MR) is 91.9 cm³/mol. The van der Waals surface area contributed by atoms with Gasteiger partial charge in [-0.25, -0.2) is 0 Å². The maximum absolute atomic E-state index is 12.1. The van der Waals surface area contributed by atoms with Crippen LogP contribution in [0, 0.1) is 0 Å². The van der Waals surface area contributed by atoms with E-state index < -0.39 is 0 Å². The van der Waals surface area contributed by atoms with Crippen LogP contribution in [0.4, 0.5) is 11.4 Å². The number of aromatic nitrogens is 2. The molecule has 1 aromatic heterocycles. The normalized spacial score (nSPS) is 16.5. The van der Waals surface area contributed by atoms with Gasteiger partial charge in [0.1, 0.15) is 0 Å². The Kier molecular flexibility index (Phi) is 3.30. The Labute approximate surface area is 138 Å². The van der Waals surface area contributed by atoms with Gasteiger partial charge in [0, 0.05) is 36.0 Å². The summed E-state index contributed by atoms with van der Waals surface area (Å²) in [5, 5.41) is 13.7. The lowest BCUT2D eigenvalue weighted by atomic mass is 9.84. The Morgan fingerprint density at radius 1 is 1.25 bits per heavy atom. The highest BCUT2D eigenvalue weighted by molar-refractivity contribution is 5.97. The van der Waals surface area contributed by atoms with Crippen molar-refractivity contribution in [3.63, 3.8) is 0 Å². The Balaban J connectivity index is 1.77. The van der Waals surface area contributed by atoms with Crippen molar-refractivity contribution in [2.24, 2.45) is 0 Å². The minimum atomic E-state index is -0.140. The molecule has 0 radical (unpaired) electrons. The largest absolute Gasteiger partial charge is 0.326 e. The van der Waals surface area contributed by atoms with Crippen LogP contribution < -0.4 is 10.6 Å². The minimum absolute atomic E-state index is 0.0205. The van der Waals surface area contributed by atoms with Gasteiger partial charge < -0.3 is 10.6 Å². The van der Waals surface area contributed by atoms with Crippen LogP contribution in [0.15, 0.2) is 42.6 Å². The lowest BCUT2D eigenvalue weighted by Crippen LogP contribution is -2.23. The van der Waals surface area contributed by atoms with Crippen LogP contribution in [-0.4, -0.2) is 22.0 Å². The topological polar surface area (TPSA) is 86.9 Å². The van der Waals surface area contributed by atoms with Crippen LogP contribution >= 0.6 is 0 Å². The minimum Gasteiger partial charge on any atom is -0.326 e. The van der Waals surface area contributed by atoms with Gasteiger partial charge in [0.15, 0.2) is 0 Å². The Hall–Kier alpha value is -3.15. The average molecular weight is 320 g/mol. The van der Waals surface area contributed by atoms with Crippen molar-refractivity contribution in [2.75, 3.05) is 10.6 Å². The lowest BCUT2D eigenvalue weighted by Gasteiger charge is -2.26. The SMILES string of the molecule is CC(=O)Nc1ccc2c(c1)NC(=O)CC2c1ccc2cn[nH]c2c1. The van der Waals surface area contributed by atoms with E-state index in [0.29, 0.717) is 12.1 Å². The summed E-state index contributed by atoms with van der Waals surface area (Å²) in [4.78, 5) is 23.4. The molecule has 0 fully saturated rings. The number of hydrogen-bond donors (Lipinski definition) is 3. The van der Waals surface area contributed by atoms with Crippen LogP contribution in [0.2, 0.25) is 0 Å². The van der Waals surface area contributed by atoms with Crippen LogP contribution in [-0.2, 0) is 9.59 Å². The first kappa shape index (κ1) is 14.4. The molecule has 0 saturated heterocycles. The van der Waals surface area contributed by atoms with Crippen LogP contribution in [0.1, 0.15) is 30.4 Å². The highest BCUT2D eigenvalue weighted by Gasteiger charge is 2.27. The van der Waals surface area contributed by atoms with Crippen LogP contribution in [0.5, 0.6) is 0 Å². The monoisotopic (exact) mass is 320 g/mol. The first-order valence-electron chi connectivity index (χ1n) is 7.74. The quantitative estimate of drug-likeness (QED) is 0.678. The number of carbonyl (C=O) groups is 2. The van der Waals surface area contributed by atoms with Gasteiger partial charge in [0.25, 0.3) is 0 Å². The molecular formula is C18H16N4O2. The second-order valence-electron chi connectivity index (χ2n) is 6.00. The molecule has 1 aliphatic rings. The molecule has 1 atom stereocenters. The summed E-state index contributed by atoms with van der Waals surface area (Å²) in [5.41, 5.74) is 4.48. The maximum atomic E-state index is 12.1. The van der Waals surface area contributed by atoms with Crippen molar-refractivity contribution < 1.29 is 9.59 Å². The van der Waals surface area contributed by atoms with Gasteiger partial charge in [-0.1, -0.05) is 18.2 Å². The zero-order valence-corrected chi connectivity index (χ0v) is 13.1. The molecule has 2 amide bonds. The molecule has 1 aliphatic heterocycles. The number of aromatic amines is 1. The molecule has 0 aliphatic carbocycles. The third-order valence-corrected chi connectivity index (χ3v) is 4.28. The molecule has 6 nitrogen and oxygen atoms in total. The first-order chi connectivity index (χ1) is 11.6. The summed E-state index contributed by atoms with van der Waals surface area (Å²) >= 11 is 0. The van der Waals surface area contributed by atoms with Crippen molar-refractivity contribution in [1.29, 1.82) is 0 Å². The summed E-state index contributed by atoms with van der Waals surface area (Å²) in [7, 11) is 0. The molecule has 0 saturated carbocycles. The molecule has 3 N–H and O–H groups in total. The van der Waals surface area contributed by atoms with E-state index in [1.165, 1.54) is 6.92 Å². The molecule has 0 spiro atoms. The fourth-order valence-corrected chi connectivity index (χ4v) is 3.21. The number of anilines is 2. The summed E-state index contributed by atoms with van der Waals surface area (Å²) < 4.78 is 0. The van der Waals surface area contributed by atoms with Gasteiger partial charge in [-0.05, 0) is 29.3 Å². The number of H-pyrrole nitrogens is 1. The molecule has 4 rings (SSSR count). The van der Waals surface area contributed by atoms with E-state index in [2.05, 4.69) is 20.8 Å². The van der Waals surface area contributed by atoms with E-state index in [1.54, 1.807) is 12.3 Å². The molecule has 2 aromatic carbocycles.